The normalized spacial score (nSPS) is 15.5. The third-order valence-electron chi connectivity index (χ3n) is 5.09. The van der Waals surface area contributed by atoms with Gasteiger partial charge in [0.05, 0.1) is 0 Å². The second-order valence-corrected chi connectivity index (χ2v) is 7.69. The number of hydrogen-bond acceptors (Lipinski definition) is 4. The second kappa shape index (κ2) is 13.0. The van der Waals surface area contributed by atoms with Crippen molar-refractivity contribution in [3.05, 3.63) is 29.8 Å². The highest BCUT2D eigenvalue weighted by Gasteiger charge is 2.08. The van der Waals surface area contributed by atoms with Crippen LogP contribution in [0.4, 0.5) is 0 Å². The van der Waals surface area contributed by atoms with Gasteiger partial charge in [0.1, 0.15) is 5.75 Å². The lowest BCUT2D eigenvalue weighted by Gasteiger charge is -2.20. The van der Waals surface area contributed by atoms with Gasteiger partial charge in [0.15, 0.2) is 12.6 Å². The van der Waals surface area contributed by atoms with Crippen LogP contribution in [0.15, 0.2) is 29.3 Å². The molecule has 1 aliphatic rings. The summed E-state index contributed by atoms with van der Waals surface area (Å²) in [6, 6.07) is 7.77. The van der Waals surface area contributed by atoms with Crippen molar-refractivity contribution in [3.8, 4) is 5.75 Å². The molecule has 1 fully saturated rings. The molecule has 0 bridgehead atoms. The zero-order chi connectivity index (χ0) is 20.9. The van der Waals surface area contributed by atoms with E-state index in [9.17, 15) is 4.79 Å². The first kappa shape index (κ1) is 23.0. The van der Waals surface area contributed by atoms with Crippen LogP contribution in [0.2, 0.25) is 0 Å². The lowest BCUT2D eigenvalue weighted by Crippen LogP contribution is -2.38. The number of carbonyl (C=O) groups is 1. The van der Waals surface area contributed by atoms with Crippen molar-refractivity contribution in [1.29, 1.82) is 0 Å². The van der Waals surface area contributed by atoms with Gasteiger partial charge in [-0.1, -0.05) is 25.0 Å². The molecule has 0 spiro atoms. The van der Waals surface area contributed by atoms with Gasteiger partial charge in [0.25, 0.3) is 5.91 Å². The Bertz CT molecular complexity index is 640. The molecule has 0 aliphatic carbocycles. The van der Waals surface area contributed by atoms with Crippen molar-refractivity contribution in [2.45, 2.75) is 38.6 Å². The molecule has 1 saturated heterocycles. The fourth-order valence-corrected chi connectivity index (χ4v) is 3.30. The predicted octanol–water partition coefficient (Wildman–Crippen LogP) is 2.08. The van der Waals surface area contributed by atoms with Crippen molar-refractivity contribution < 1.29 is 9.53 Å². The van der Waals surface area contributed by atoms with E-state index in [1.807, 2.05) is 24.3 Å². The SMILES string of the molecule is CN=C(NCCCN1CCCCCC1)NCc1cccc(OCC(=O)N(C)C)c1. The van der Waals surface area contributed by atoms with E-state index >= 15 is 0 Å². The largest absolute Gasteiger partial charge is 0.484 e. The summed E-state index contributed by atoms with van der Waals surface area (Å²) < 4.78 is 5.58. The number of amides is 1. The number of likely N-dealkylation sites (tertiary alicyclic amines) is 1. The molecule has 29 heavy (non-hydrogen) atoms. The van der Waals surface area contributed by atoms with Gasteiger partial charge >= 0.3 is 0 Å². The monoisotopic (exact) mass is 403 g/mol. The van der Waals surface area contributed by atoms with Crippen molar-refractivity contribution in [1.82, 2.24) is 20.4 Å². The van der Waals surface area contributed by atoms with E-state index in [1.165, 1.54) is 43.7 Å². The van der Waals surface area contributed by atoms with Gasteiger partial charge in [-0.3, -0.25) is 9.79 Å². The first-order valence-electron chi connectivity index (χ1n) is 10.7. The number of nitrogens with zero attached hydrogens (tertiary/aromatic N) is 3. The molecule has 7 nitrogen and oxygen atoms in total. The van der Waals surface area contributed by atoms with Gasteiger partial charge in [-0.05, 0) is 56.6 Å². The summed E-state index contributed by atoms with van der Waals surface area (Å²) in [7, 11) is 5.23. The molecule has 1 aliphatic heterocycles. The summed E-state index contributed by atoms with van der Waals surface area (Å²) >= 11 is 0. The maximum Gasteiger partial charge on any atom is 0.259 e. The van der Waals surface area contributed by atoms with Gasteiger partial charge in [0.2, 0.25) is 0 Å². The lowest BCUT2D eigenvalue weighted by molar-refractivity contribution is -0.130. The Kier molecular flexibility index (Phi) is 10.3. The Labute approximate surface area is 175 Å². The molecule has 0 atom stereocenters. The number of aliphatic imine (C=N–C) groups is 1. The third kappa shape index (κ3) is 9.17. The van der Waals surface area contributed by atoms with Gasteiger partial charge in [-0.25, -0.2) is 0 Å². The zero-order valence-electron chi connectivity index (χ0n) is 18.2. The van der Waals surface area contributed by atoms with Crippen LogP contribution in [0.5, 0.6) is 5.75 Å². The molecule has 1 aromatic rings. The molecular weight excluding hydrogens is 366 g/mol. The molecule has 0 aromatic heterocycles. The summed E-state index contributed by atoms with van der Waals surface area (Å²) in [6.07, 6.45) is 6.54. The molecule has 2 rings (SSSR count). The molecule has 0 radical (unpaired) electrons. The quantitative estimate of drug-likeness (QED) is 0.375. The Morgan fingerprint density at radius 2 is 1.93 bits per heavy atom. The first-order chi connectivity index (χ1) is 14.1. The van der Waals surface area contributed by atoms with Gasteiger partial charge in [-0.2, -0.15) is 0 Å². The van der Waals surface area contributed by atoms with Crippen molar-refractivity contribution in [2.75, 3.05) is 53.9 Å². The number of carbonyl (C=O) groups excluding carboxylic acids is 1. The maximum atomic E-state index is 11.7. The van der Waals surface area contributed by atoms with Gasteiger partial charge in [0, 0.05) is 34.2 Å². The zero-order valence-corrected chi connectivity index (χ0v) is 18.2. The number of nitrogens with one attached hydrogen (secondary N) is 2. The Morgan fingerprint density at radius 1 is 1.17 bits per heavy atom. The summed E-state index contributed by atoms with van der Waals surface area (Å²) in [5.41, 5.74) is 1.08. The third-order valence-corrected chi connectivity index (χ3v) is 5.09. The summed E-state index contributed by atoms with van der Waals surface area (Å²) in [5, 5.41) is 6.73. The van der Waals surface area contributed by atoms with Crippen LogP contribution < -0.4 is 15.4 Å². The van der Waals surface area contributed by atoms with Crippen molar-refractivity contribution in [2.24, 2.45) is 4.99 Å². The minimum absolute atomic E-state index is 0.0458. The number of ether oxygens (including phenoxy) is 1. The van der Waals surface area contributed by atoms with Crippen molar-refractivity contribution in [3.63, 3.8) is 0 Å². The Morgan fingerprint density at radius 3 is 2.62 bits per heavy atom. The summed E-state index contributed by atoms with van der Waals surface area (Å²) in [5.74, 6) is 1.44. The van der Waals surface area contributed by atoms with E-state index in [0.29, 0.717) is 12.3 Å². The Hall–Kier alpha value is -2.28. The highest BCUT2D eigenvalue weighted by Crippen LogP contribution is 2.13. The predicted molar refractivity (Wildman–Crippen MR) is 118 cm³/mol. The van der Waals surface area contributed by atoms with Crippen LogP contribution >= 0.6 is 0 Å². The molecule has 1 heterocycles. The highest BCUT2D eigenvalue weighted by molar-refractivity contribution is 5.79. The Balaban J connectivity index is 1.69. The fraction of sp³-hybridized carbons (Fsp3) is 0.636. The number of benzene rings is 1. The number of hydrogen-bond donors (Lipinski definition) is 2. The minimum Gasteiger partial charge on any atom is -0.484 e. The molecule has 7 heteroatoms. The molecule has 0 unspecified atom stereocenters. The summed E-state index contributed by atoms with van der Waals surface area (Å²) in [4.78, 5) is 20.1. The van der Waals surface area contributed by atoms with E-state index in [-0.39, 0.29) is 12.5 Å². The van der Waals surface area contributed by atoms with Gasteiger partial charge in [-0.15, -0.1) is 0 Å². The van der Waals surface area contributed by atoms with E-state index in [1.54, 1.807) is 21.1 Å². The number of rotatable bonds is 9. The van der Waals surface area contributed by atoms with Gasteiger partial charge < -0.3 is 25.2 Å². The van der Waals surface area contributed by atoms with Crippen LogP contribution in [-0.4, -0.2) is 75.6 Å². The van der Waals surface area contributed by atoms with E-state index in [4.69, 9.17) is 4.74 Å². The molecule has 2 N–H and O–H groups in total. The molecule has 162 valence electrons. The molecule has 1 amide bonds. The topological polar surface area (TPSA) is 69.2 Å². The lowest BCUT2D eigenvalue weighted by atomic mass is 10.2. The standard InChI is InChI=1S/C22H37N5O2/c1-23-22(24-12-9-15-27-13-6-4-5-7-14-27)25-17-19-10-8-11-20(16-19)29-18-21(28)26(2)3/h8,10-11,16H,4-7,9,12-15,17-18H2,1-3H3,(H2,23,24,25). The fourth-order valence-electron chi connectivity index (χ4n) is 3.30. The first-order valence-corrected chi connectivity index (χ1v) is 10.7. The molecule has 1 aromatic carbocycles. The number of guanidine groups is 1. The number of likely N-dealkylation sites (N-methyl/N-ethyl adjacent to an activating group) is 1. The minimum atomic E-state index is -0.0571. The van der Waals surface area contributed by atoms with Crippen molar-refractivity contribution >= 4 is 11.9 Å². The van der Waals surface area contributed by atoms with E-state index in [2.05, 4.69) is 20.5 Å². The maximum absolute atomic E-state index is 11.7. The average Bonchev–Trinajstić information content (AvgIpc) is 3.00. The van der Waals surface area contributed by atoms with Crippen LogP contribution in [0, 0.1) is 0 Å². The molecular formula is C22H37N5O2. The molecule has 0 saturated carbocycles. The van der Waals surface area contributed by atoms with Crippen LogP contribution in [0.25, 0.3) is 0 Å². The van der Waals surface area contributed by atoms with Crippen LogP contribution in [-0.2, 0) is 11.3 Å². The van der Waals surface area contributed by atoms with Crippen LogP contribution in [0.1, 0.15) is 37.7 Å². The summed E-state index contributed by atoms with van der Waals surface area (Å²) in [6.45, 7) is 5.23. The van der Waals surface area contributed by atoms with Crippen LogP contribution in [0.3, 0.4) is 0 Å². The second-order valence-electron chi connectivity index (χ2n) is 7.69. The van der Waals surface area contributed by atoms with E-state index in [0.717, 1.165) is 31.0 Å². The smallest absolute Gasteiger partial charge is 0.259 e. The van der Waals surface area contributed by atoms with E-state index < -0.39 is 0 Å². The highest BCUT2D eigenvalue weighted by atomic mass is 16.5. The average molecular weight is 404 g/mol.